The summed E-state index contributed by atoms with van der Waals surface area (Å²) in [7, 11) is 1.95. The predicted octanol–water partition coefficient (Wildman–Crippen LogP) is 4.17. The Hall–Kier alpha value is -1.03. The predicted molar refractivity (Wildman–Crippen MR) is 77.3 cm³/mol. The molecule has 0 bridgehead atoms. The average molecular weight is 279 g/mol. The molecule has 4 heteroatoms. The highest BCUT2D eigenvalue weighted by atomic mass is 35.5. The fraction of sp³-hybridized carbons (Fsp3) is 0.214. The van der Waals surface area contributed by atoms with Gasteiger partial charge in [-0.1, -0.05) is 41.6 Å². The minimum atomic E-state index is 0.267. The Labute approximate surface area is 117 Å². The van der Waals surface area contributed by atoms with E-state index in [0.29, 0.717) is 0 Å². The van der Waals surface area contributed by atoms with Gasteiger partial charge in [0.2, 0.25) is 0 Å². The van der Waals surface area contributed by atoms with Crippen molar-refractivity contribution >= 4 is 23.4 Å². The van der Waals surface area contributed by atoms with Crippen LogP contribution in [0.15, 0.2) is 52.5 Å². The molecule has 0 radical (unpaired) electrons. The number of hydrogen-bond acceptors (Lipinski definition) is 3. The van der Waals surface area contributed by atoms with E-state index in [2.05, 4.69) is 23.3 Å². The van der Waals surface area contributed by atoms with E-state index in [9.17, 15) is 0 Å². The Morgan fingerprint density at radius 2 is 2.00 bits per heavy atom. The van der Waals surface area contributed by atoms with Crippen LogP contribution in [0.25, 0.3) is 0 Å². The van der Waals surface area contributed by atoms with Crippen molar-refractivity contribution in [2.45, 2.75) is 22.9 Å². The second kappa shape index (κ2) is 6.23. The number of pyridine rings is 1. The number of benzene rings is 1. The van der Waals surface area contributed by atoms with Crippen molar-refractivity contribution in [1.29, 1.82) is 0 Å². The molecule has 1 heterocycles. The molecule has 0 aliphatic carbocycles. The van der Waals surface area contributed by atoms with E-state index in [-0.39, 0.29) is 6.04 Å². The molecule has 1 unspecified atom stereocenters. The Balaban J connectivity index is 2.32. The first kappa shape index (κ1) is 13.4. The van der Waals surface area contributed by atoms with Crippen molar-refractivity contribution in [1.82, 2.24) is 10.3 Å². The van der Waals surface area contributed by atoms with Crippen LogP contribution in [-0.2, 0) is 0 Å². The highest BCUT2D eigenvalue weighted by Crippen LogP contribution is 2.35. The van der Waals surface area contributed by atoms with Gasteiger partial charge in [0, 0.05) is 22.7 Å². The summed E-state index contributed by atoms with van der Waals surface area (Å²) in [6.07, 6.45) is 1.81. The molecular weight excluding hydrogens is 264 g/mol. The molecule has 18 heavy (non-hydrogen) atoms. The third-order valence-electron chi connectivity index (χ3n) is 2.74. The molecule has 2 aromatic rings. The summed E-state index contributed by atoms with van der Waals surface area (Å²) in [4.78, 5) is 5.48. The van der Waals surface area contributed by atoms with E-state index < -0.39 is 0 Å². The van der Waals surface area contributed by atoms with E-state index in [1.54, 1.807) is 11.8 Å². The zero-order valence-corrected chi connectivity index (χ0v) is 11.9. The van der Waals surface area contributed by atoms with Crippen molar-refractivity contribution in [2.24, 2.45) is 0 Å². The molecule has 0 fully saturated rings. The lowest BCUT2D eigenvalue weighted by atomic mass is 10.1. The number of aromatic nitrogens is 1. The lowest BCUT2D eigenvalue weighted by Gasteiger charge is -2.14. The van der Waals surface area contributed by atoms with Crippen LogP contribution in [0.4, 0.5) is 0 Å². The maximum absolute atomic E-state index is 6.18. The fourth-order valence-corrected chi connectivity index (χ4v) is 2.85. The molecule has 0 spiro atoms. The fourth-order valence-electron chi connectivity index (χ4n) is 1.61. The third-order valence-corrected chi connectivity index (χ3v) is 4.30. The number of nitrogens with zero attached hydrogens (tertiary/aromatic N) is 1. The topological polar surface area (TPSA) is 24.9 Å². The van der Waals surface area contributed by atoms with Gasteiger partial charge >= 0.3 is 0 Å². The third kappa shape index (κ3) is 3.05. The van der Waals surface area contributed by atoms with Crippen LogP contribution in [0, 0.1) is 0 Å². The molecule has 0 aliphatic rings. The van der Waals surface area contributed by atoms with E-state index in [4.69, 9.17) is 11.6 Å². The van der Waals surface area contributed by atoms with Crippen LogP contribution in [-0.4, -0.2) is 12.0 Å². The van der Waals surface area contributed by atoms with Gasteiger partial charge in [0.15, 0.2) is 0 Å². The number of nitrogens with one attached hydrogen (secondary N) is 1. The van der Waals surface area contributed by atoms with Gasteiger partial charge in [0.25, 0.3) is 0 Å². The minimum Gasteiger partial charge on any atom is -0.313 e. The summed E-state index contributed by atoms with van der Waals surface area (Å²) in [6.45, 7) is 2.12. The van der Waals surface area contributed by atoms with Gasteiger partial charge in [-0.25, -0.2) is 4.98 Å². The molecule has 2 nitrogen and oxygen atoms in total. The van der Waals surface area contributed by atoms with Crippen LogP contribution in [0.2, 0.25) is 5.02 Å². The molecule has 1 aromatic carbocycles. The number of halogens is 1. The lowest BCUT2D eigenvalue weighted by molar-refractivity contribution is 0.634. The van der Waals surface area contributed by atoms with Crippen molar-refractivity contribution in [3.63, 3.8) is 0 Å². The van der Waals surface area contributed by atoms with E-state index in [1.165, 1.54) is 5.56 Å². The van der Waals surface area contributed by atoms with Crippen molar-refractivity contribution in [2.75, 3.05) is 7.05 Å². The van der Waals surface area contributed by atoms with Gasteiger partial charge in [0.05, 0.1) is 5.02 Å². The number of hydrogen-bond donors (Lipinski definition) is 1. The molecule has 1 aromatic heterocycles. The lowest BCUT2D eigenvalue weighted by Crippen LogP contribution is -2.13. The molecule has 1 atom stereocenters. The monoisotopic (exact) mass is 278 g/mol. The largest absolute Gasteiger partial charge is 0.313 e. The molecular formula is C14H15ClN2S. The summed E-state index contributed by atoms with van der Waals surface area (Å²) < 4.78 is 0. The second-order valence-electron chi connectivity index (χ2n) is 3.94. The Morgan fingerprint density at radius 3 is 2.72 bits per heavy atom. The molecule has 0 amide bonds. The highest BCUT2D eigenvalue weighted by molar-refractivity contribution is 7.99. The standard InChI is InChI=1S/C14H15ClN2S/c1-10(16-2)11-6-5-9-17-14(11)18-13-8-4-3-7-12(13)15/h3-10,16H,1-2H3. The molecule has 2 rings (SSSR count). The summed E-state index contributed by atoms with van der Waals surface area (Å²) in [5, 5.41) is 4.99. The first-order valence-electron chi connectivity index (χ1n) is 5.77. The van der Waals surface area contributed by atoms with Crippen LogP contribution in [0.1, 0.15) is 18.5 Å². The minimum absolute atomic E-state index is 0.267. The van der Waals surface area contributed by atoms with Gasteiger partial charge < -0.3 is 5.32 Å². The van der Waals surface area contributed by atoms with Crippen molar-refractivity contribution in [3.8, 4) is 0 Å². The smallest absolute Gasteiger partial charge is 0.106 e. The molecule has 0 saturated carbocycles. The summed E-state index contributed by atoms with van der Waals surface area (Å²) >= 11 is 7.78. The van der Waals surface area contributed by atoms with Crippen LogP contribution >= 0.6 is 23.4 Å². The summed E-state index contributed by atoms with van der Waals surface area (Å²) in [6, 6.07) is 12.1. The van der Waals surface area contributed by atoms with Crippen molar-refractivity contribution in [3.05, 3.63) is 53.2 Å². The van der Waals surface area contributed by atoms with Crippen LogP contribution in [0.5, 0.6) is 0 Å². The molecule has 0 aliphatic heterocycles. The van der Waals surface area contributed by atoms with Gasteiger partial charge in [-0.3, -0.25) is 0 Å². The van der Waals surface area contributed by atoms with Gasteiger partial charge in [0.1, 0.15) is 5.03 Å². The quantitative estimate of drug-likeness (QED) is 0.909. The maximum atomic E-state index is 6.18. The number of rotatable bonds is 4. The first-order chi connectivity index (χ1) is 8.72. The molecule has 0 saturated heterocycles. The second-order valence-corrected chi connectivity index (χ2v) is 5.38. The normalized spacial score (nSPS) is 12.4. The maximum Gasteiger partial charge on any atom is 0.106 e. The van der Waals surface area contributed by atoms with E-state index >= 15 is 0 Å². The first-order valence-corrected chi connectivity index (χ1v) is 6.96. The molecule has 94 valence electrons. The summed E-state index contributed by atoms with van der Waals surface area (Å²) in [5.74, 6) is 0. The zero-order chi connectivity index (χ0) is 13.0. The zero-order valence-electron chi connectivity index (χ0n) is 10.4. The Bertz CT molecular complexity index is 531. The highest BCUT2D eigenvalue weighted by Gasteiger charge is 2.11. The average Bonchev–Trinajstić information content (AvgIpc) is 2.41. The van der Waals surface area contributed by atoms with Gasteiger partial charge in [-0.15, -0.1) is 0 Å². The van der Waals surface area contributed by atoms with E-state index in [1.807, 2.05) is 43.6 Å². The Kier molecular flexibility index (Phi) is 4.64. The molecule has 1 N–H and O–H groups in total. The van der Waals surface area contributed by atoms with Crippen molar-refractivity contribution < 1.29 is 0 Å². The van der Waals surface area contributed by atoms with Gasteiger partial charge in [-0.05, 0) is 32.2 Å². The Morgan fingerprint density at radius 1 is 1.22 bits per heavy atom. The summed E-state index contributed by atoms with van der Waals surface area (Å²) in [5.41, 5.74) is 1.19. The van der Waals surface area contributed by atoms with E-state index in [0.717, 1.165) is 14.9 Å². The van der Waals surface area contributed by atoms with Gasteiger partial charge in [-0.2, -0.15) is 0 Å². The van der Waals surface area contributed by atoms with Crippen LogP contribution < -0.4 is 5.32 Å². The van der Waals surface area contributed by atoms with Crippen LogP contribution in [0.3, 0.4) is 0 Å². The SMILES string of the molecule is CNC(C)c1cccnc1Sc1ccccc1Cl.